The molecule has 0 N–H and O–H groups in total. The van der Waals surface area contributed by atoms with Crippen LogP contribution in [0.3, 0.4) is 0 Å². The van der Waals surface area contributed by atoms with Gasteiger partial charge < -0.3 is 0 Å². The van der Waals surface area contributed by atoms with Crippen molar-refractivity contribution in [1.82, 2.24) is 14.7 Å². The molecule has 5 heteroatoms. The third kappa shape index (κ3) is 3.56. The molecule has 0 aliphatic rings. The number of nitriles is 1. The van der Waals surface area contributed by atoms with Gasteiger partial charge in [-0.15, -0.1) is 0 Å². The number of aryl methyl sites for hydroxylation is 2. The summed E-state index contributed by atoms with van der Waals surface area (Å²) in [5.41, 5.74) is 2.22. The lowest BCUT2D eigenvalue weighted by Gasteiger charge is -2.22. The van der Waals surface area contributed by atoms with Crippen LogP contribution in [0.2, 0.25) is 0 Å². The Morgan fingerprint density at radius 3 is 2.67 bits per heavy atom. The summed E-state index contributed by atoms with van der Waals surface area (Å²) in [4.78, 5) is 2.28. The van der Waals surface area contributed by atoms with Crippen molar-refractivity contribution in [3.05, 3.63) is 15.9 Å². The molecular formula is C13H21BrN4. The van der Waals surface area contributed by atoms with E-state index in [1.54, 1.807) is 0 Å². The van der Waals surface area contributed by atoms with Gasteiger partial charge in [-0.05, 0) is 43.2 Å². The van der Waals surface area contributed by atoms with E-state index in [0.29, 0.717) is 0 Å². The van der Waals surface area contributed by atoms with Gasteiger partial charge in [-0.1, -0.05) is 6.92 Å². The molecule has 0 bridgehead atoms. The van der Waals surface area contributed by atoms with Crippen LogP contribution in [0.4, 0.5) is 0 Å². The van der Waals surface area contributed by atoms with Crippen LogP contribution in [0.25, 0.3) is 0 Å². The first kappa shape index (κ1) is 15.2. The Hall–Kier alpha value is -0.860. The smallest absolute Gasteiger partial charge is 0.0739 e. The molecule has 1 atom stereocenters. The van der Waals surface area contributed by atoms with Gasteiger partial charge >= 0.3 is 0 Å². The van der Waals surface area contributed by atoms with E-state index in [4.69, 9.17) is 5.26 Å². The van der Waals surface area contributed by atoms with Gasteiger partial charge in [0.25, 0.3) is 0 Å². The van der Waals surface area contributed by atoms with Crippen LogP contribution in [0, 0.1) is 24.2 Å². The third-order valence-corrected chi connectivity index (χ3v) is 4.06. The Kier molecular flexibility index (Phi) is 5.83. The topological polar surface area (TPSA) is 44.9 Å². The minimum absolute atomic E-state index is 0.0582. The molecule has 1 heterocycles. The second kappa shape index (κ2) is 6.91. The van der Waals surface area contributed by atoms with Gasteiger partial charge in [-0.2, -0.15) is 10.4 Å². The zero-order valence-electron chi connectivity index (χ0n) is 11.6. The highest BCUT2D eigenvalue weighted by Crippen LogP contribution is 2.22. The molecule has 4 nitrogen and oxygen atoms in total. The zero-order chi connectivity index (χ0) is 13.7. The van der Waals surface area contributed by atoms with E-state index < -0.39 is 0 Å². The molecule has 0 saturated carbocycles. The van der Waals surface area contributed by atoms with Crippen LogP contribution >= 0.6 is 15.9 Å². The molecule has 1 unspecified atom stereocenters. The van der Waals surface area contributed by atoms with Gasteiger partial charge in [-0.25, -0.2) is 0 Å². The second-order valence-corrected chi connectivity index (χ2v) is 5.31. The van der Waals surface area contributed by atoms with E-state index in [1.807, 2.05) is 18.5 Å². The Morgan fingerprint density at radius 2 is 2.17 bits per heavy atom. The summed E-state index contributed by atoms with van der Waals surface area (Å²) in [6.45, 7) is 11.6. The SMILES string of the molecule is CCN(Cc1c(Br)c(C)nn1CC)CC(C)C#N. The summed E-state index contributed by atoms with van der Waals surface area (Å²) in [5.74, 6) is 0.0582. The normalized spacial score (nSPS) is 12.7. The predicted molar refractivity (Wildman–Crippen MR) is 76.1 cm³/mol. The molecule has 0 radical (unpaired) electrons. The van der Waals surface area contributed by atoms with Crippen molar-refractivity contribution in [2.24, 2.45) is 5.92 Å². The summed E-state index contributed by atoms with van der Waals surface area (Å²) in [6, 6.07) is 2.29. The van der Waals surface area contributed by atoms with Crippen LogP contribution in [0.5, 0.6) is 0 Å². The zero-order valence-corrected chi connectivity index (χ0v) is 13.2. The highest BCUT2D eigenvalue weighted by Gasteiger charge is 2.16. The van der Waals surface area contributed by atoms with E-state index >= 15 is 0 Å². The summed E-state index contributed by atoms with van der Waals surface area (Å²) in [6.07, 6.45) is 0. The maximum atomic E-state index is 8.90. The van der Waals surface area contributed by atoms with E-state index in [1.165, 1.54) is 5.69 Å². The minimum Gasteiger partial charge on any atom is -0.296 e. The van der Waals surface area contributed by atoms with Crippen molar-refractivity contribution in [2.45, 2.75) is 40.8 Å². The van der Waals surface area contributed by atoms with E-state index in [9.17, 15) is 0 Å². The number of halogens is 1. The lowest BCUT2D eigenvalue weighted by atomic mass is 10.2. The Balaban J connectivity index is 2.85. The molecule has 1 aromatic heterocycles. The summed E-state index contributed by atoms with van der Waals surface area (Å²) >= 11 is 3.61. The Labute approximate surface area is 118 Å². The largest absolute Gasteiger partial charge is 0.296 e. The van der Waals surface area contributed by atoms with Gasteiger partial charge in [0.1, 0.15) is 0 Å². The first-order valence-electron chi connectivity index (χ1n) is 6.37. The van der Waals surface area contributed by atoms with Gasteiger partial charge in [0.15, 0.2) is 0 Å². The summed E-state index contributed by atoms with van der Waals surface area (Å²) in [5, 5.41) is 13.4. The molecule has 18 heavy (non-hydrogen) atoms. The molecule has 0 aliphatic heterocycles. The average molecular weight is 313 g/mol. The van der Waals surface area contributed by atoms with Gasteiger partial charge in [-0.3, -0.25) is 9.58 Å². The molecule has 0 aromatic carbocycles. The van der Waals surface area contributed by atoms with Gasteiger partial charge in [0, 0.05) is 19.6 Å². The maximum absolute atomic E-state index is 8.90. The highest BCUT2D eigenvalue weighted by atomic mass is 79.9. The lowest BCUT2D eigenvalue weighted by molar-refractivity contribution is 0.252. The van der Waals surface area contributed by atoms with Crippen molar-refractivity contribution in [2.75, 3.05) is 13.1 Å². The van der Waals surface area contributed by atoms with Crippen LogP contribution in [-0.2, 0) is 13.1 Å². The standard InChI is InChI=1S/C13H21BrN4/c1-5-17(8-10(3)7-15)9-12-13(14)11(4)16-18(12)6-2/h10H,5-6,8-9H2,1-4H3. The number of nitrogens with zero attached hydrogens (tertiary/aromatic N) is 4. The minimum atomic E-state index is 0.0582. The molecule has 1 rings (SSSR count). The summed E-state index contributed by atoms with van der Waals surface area (Å²) < 4.78 is 3.12. The van der Waals surface area contributed by atoms with Crippen molar-refractivity contribution < 1.29 is 0 Å². The Morgan fingerprint density at radius 1 is 1.50 bits per heavy atom. The average Bonchev–Trinajstić information content (AvgIpc) is 2.65. The molecule has 1 aromatic rings. The van der Waals surface area contributed by atoms with Gasteiger partial charge in [0.05, 0.1) is 27.8 Å². The van der Waals surface area contributed by atoms with Crippen molar-refractivity contribution in [1.29, 1.82) is 5.26 Å². The van der Waals surface area contributed by atoms with Crippen LogP contribution in [0.1, 0.15) is 32.2 Å². The van der Waals surface area contributed by atoms with Crippen molar-refractivity contribution >= 4 is 15.9 Å². The number of rotatable bonds is 6. The molecule has 100 valence electrons. The van der Waals surface area contributed by atoms with Crippen LogP contribution < -0.4 is 0 Å². The Bertz CT molecular complexity index is 433. The first-order valence-corrected chi connectivity index (χ1v) is 7.16. The van der Waals surface area contributed by atoms with Crippen LogP contribution in [0.15, 0.2) is 4.47 Å². The highest BCUT2D eigenvalue weighted by molar-refractivity contribution is 9.10. The third-order valence-electron chi connectivity index (χ3n) is 3.03. The summed E-state index contributed by atoms with van der Waals surface area (Å²) in [7, 11) is 0. The van der Waals surface area contributed by atoms with Crippen molar-refractivity contribution in [3.8, 4) is 6.07 Å². The molecule has 0 saturated heterocycles. The fourth-order valence-electron chi connectivity index (χ4n) is 1.97. The molecule has 0 amide bonds. The van der Waals surface area contributed by atoms with Crippen LogP contribution in [-0.4, -0.2) is 27.8 Å². The fraction of sp³-hybridized carbons (Fsp3) is 0.692. The molecule has 0 fully saturated rings. The lowest BCUT2D eigenvalue weighted by Crippen LogP contribution is -2.28. The monoisotopic (exact) mass is 312 g/mol. The van der Waals surface area contributed by atoms with E-state index in [-0.39, 0.29) is 5.92 Å². The molecule has 0 spiro atoms. The fourth-order valence-corrected chi connectivity index (χ4v) is 2.37. The number of aromatic nitrogens is 2. The predicted octanol–water partition coefficient (Wildman–Crippen LogP) is 2.96. The molecule has 0 aliphatic carbocycles. The van der Waals surface area contributed by atoms with Gasteiger partial charge in [0.2, 0.25) is 0 Å². The maximum Gasteiger partial charge on any atom is 0.0739 e. The first-order chi connectivity index (χ1) is 8.53. The number of hydrogen-bond donors (Lipinski definition) is 0. The second-order valence-electron chi connectivity index (χ2n) is 4.52. The van der Waals surface area contributed by atoms with E-state index in [2.05, 4.69) is 45.8 Å². The van der Waals surface area contributed by atoms with Crippen molar-refractivity contribution in [3.63, 3.8) is 0 Å². The number of hydrogen-bond acceptors (Lipinski definition) is 3. The molecular weight excluding hydrogens is 292 g/mol. The quantitative estimate of drug-likeness (QED) is 0.811. The van der Waals surface area contributed by atoms with E-state index in [0.717, 1.165) is 36.3 Å².